The van der Waals surface area contributed by atoms with Gasteiger partial charge in [0.25, 0.3) is 0 Å². The lowest BCUT2D eigenvalue weighted by Gasteiger charge is -2.15. The maximum absolute atomic E-state index is 12.5. The van der Waals surface area contributed by atoms with Gasteiger partial charge in [0.2, 0.25) is 0 Å². The van der Waals surface area contributed by atoms with E-state index in [0.717, 1.165) is 24.6 Å². The summed E-state index contributed by atoms with van der Waals surface area (Å²) in [5, 5.41) is 5.85. The van der Waals surface area contributed by atoms with Crippen LogP contribution >= 0.6 is 61.7 Å². The molecule has 0 aliphatic carbocycles. The molecule has 0 aliphatic rings. The highest BCUT2D eigenvalue weighted by Crippen LogP contribution is 2.35. The molecule has 6 nitrogen and oxygen atoms in total. The third kappa shape index (κ3) is 6.49. The van der Waals surface area contributed by atoms with E-state index in [1.54, 1.807) is 30.3 Å². The molecule has 0 atom stereocenters. The molecular weight excluding hydrogens is 670 g/mol. The number of hydrogen-bond acceptors (Lipinski definition) is 5. The SMILES string of the molecule is CCOc1cc(/C=N/NC(=O)c2cc3cc(Br)ccc3o2)cc(I)c1OCc1ccc(Cl)c(Cl)c1. The summed E-state index contributed by atoms with van der Waals surface area (Å²) in [5.74, 6) is 0.893. The van der Waals surface area contributed by atoms with Gasteiger partial charge in [-0.2, -0.15) is 5.10 Å². The van der Waals surface area contributed by atoms with Crippen LogP contribution in [0.1, 0.15) is 28.6 Å². The fourth-order valence-electron chi connectivity index (χ4n) is 3.20. The highest BCUT2D eigenvalue weighted by molar-refractivity contribution is 14.1. The van der Waals surface area contributed by atoms with Gasteiger partial charge in [0, 0.05) is 9.86 Å². The highest BCUT2D eigenvalue weighted by Gasteiger charge is 2.14. The number of hydrazone groups is 1. The summed E-state index contributed by atoms with van der Waals surface area (Å²) in [7, 11) is 0. The molecular formula is C25H18BrCl2IN2O4. The molecule has 180 valence electrons. The van der Waals surface area contributed by atoms with Crippen LogP contribution in [-0.4, -0.2) is 18.7 Å². The molecule has 1 N–H and O–H groups in total. The van der Waals surface area contributed by atoms with Gasteiger partial charge < -0.3 is 13.9 Å². The van der Waals surface area contributed by atoms with Gasteiger partial charge in [-0.05, 0) is 89.2 Å². The number of hydrogen-bond donors (Lipinski definition) is 1. The lowest BCUT2D eigenvalue weighted by molar-refractivity contribution is 0.0929. The zero-order chi connectivity index (χ0) is 24.9. The number of amides is 1. The minimum atomic E-state index is -0.449. The van der Waals surface area contributed by atoms with Crippen molar-refractivity contribution in [2.75, 3.05) is 6.61 Å². The Balaban J connectivity index is 1.46. The second kappa shape index (κ2) is 11.6. The van der Waals surface area contributed by atoms with Gasteiger partial charge in [-0.3, -0.25) is 4.79 Å². The van der Waals surface area contributed by atoms with Crippen molar-refractivity contribution in [3.8, 4) is 11.5 Å². The molecule has 3 aromatic carbocycles. The molecule has 0 unspecified atom stereocenters. The minimum absolute atomic E-state index is 0.172. The molecule has 0 spiro atoms. The van der Waals surface area contributed by atoms with Gasteiger partial charge in [0.05, 0.1) is 26.4 Å². The van der Waals surface area contributed by atoms with Crippen molar-refractivity contribution >= 4 is 84.8 Å². The third-order valence-corrected chi connectivity index (χ3v) is 6.81. The summed E-state index contributed by atoms with van der Waals surface area (Å²) < 4.78 is 19.1. The quantitative estimate of drug-likeness (QED) is 0.116. The number of nitrogens with one attached hydrogen (secondary N) is 1. The first-order valence-electron chi connectivity index (χ1n) is 10.4. The van der Waals surface area contributed by atoms with Crippen LogP contribution in [0.15, 0.2) is 68.6 Å². The van der Waals surface area contributed by atoms with Gasteiger partial charge in [-0.15, -0.1) is 0 Å². The van der Waals surface area contributed by atoms with Crippen LogP contribution in [0, 0.1) is 3.57 Å². The smallest absolute Gasteiger partial charge is 0.307 e. The Bertz CT molecular complexity index is 1420. The van der Waals surface area contributed by atoms with Gasteiger partial charge in [0.1, 0.15) is 12.2 Å². The van der Waals surface area contributed by atoms with E-state index in [1.807, 2.05) is 31.2 Å². The molecule has 0 aliphatic heterocycles. The largest absolute Gasteiger partial charge is 0.490 e. The Kier molecular flexibility index (Phi) is 8.59. The maximum Gasteiger partial charge on any atom is 0.307 e. The molecule has 1 amide bonds. The van der Waals surface area contributed by atoms with Crippen molar-refractivity contribution in [3.05, 3.63) is 89.6 Å². The molecule has 10 heteroatoms. The fourth-order valence-corrected chi connectivity index (χ4v) is 4.68. The van der Waals surface area contributed by atoms with Gasteiger partial charge in [-0.1, -0.05) is 45.2 Å². The van der Waals surface area contributed by atoms with Gasteiger partial charge in [0.15, 0.2) is 17.3 Å². The van der Waals surface area contributed by atoms with E-state index in [0.29, 0.717) is 40.3 Å². The number of fused-ring (bicyclic) bond motifs is 1. The second-order valence-electron chi connectivity index (χ2n) is 7.29. The van der Waals surface area contributed by atoms with E-state index in [1.165, 1.54) is 6.21 Å². The third-order valence-electron chi connectivity index (χ3n) is 4.78. The Labute approximate surface area is 233 Å². The summed E-state index contributed by atoms with van der Waals surface area (Å²) in [5.41, 5.74) is 4.72. The fraction of sp³-hybridized carbons (Fsp3) is 0.120. The number of furan rings is 1. The Hall–Kier alpha value is -2.27. The normalized spacial score (nSPS) is 11.2. The van der Waals surface area contributed by atoms with Crippen molar-refractivity contribution in [1.82, 2.24) is 5.43 Å². The van der Waals surface area contributed by atoms with Crippen molar-refractivity contribution in [2.45, 2.75) is 13.5 Å². The van der Waals surface area contributed by atoms with Crippen LogP contribution in [0.2, 0.25) is 10.0 Å². The molecule has 35 heavy (non-hydrogen) atoms. The second-order valence-corrected chi connectivity index (χ2v) is 10.2. The zero-order valence-corrected chi connectivity index (χ0v) is 23.5. The Morgan fingerprint density at radius 2 is 1.94 bits per heavy atom. The van der Waals surface area contributed by atoms with E-state index >= 15 is 0 Å². The zero-order valence-electron chi connectivity index (χ0n) is 18.3. The van der Waals surface area contributed by atoms with Crippen molar-refractivity contribution in [1.29, 1.82) is 0 Å². The number of carbonyl (C=O) groups is 1. The average Bonchev–Trinajstić information content (AvgIpc) is 3.24. The summed E-state index contributed by atoms with van der Waals surface area (Å²) in [6.07, 6.45) is 1.53. The van der Waals surface area contributed by atoms with E-state index in [2.05, 4.69) is 49.0 Å². The molecule has 1 heterocycles. The average molecular weight is 688 g/mol. The van der Waals surface area contributed by atoms with Crippen LogP contribution < -0.4 is 14.9 Å². The monoisotopic (exact) mass is 686 g/mol. The number of halogens is 4. The van der Waals surface area contributed by atoms with Gasteiger partial charge in [-0.25, -0.2) is 5.43 Å². The van der Waals surface area contributed by atoms with Crippen molar-refractivity contribution < 1.29 is 18.7 Å². The highest BCUT2D eigenvalue weighted by atomic mass is 127. The predicted octanol–water partition coefficient (Wildman–Crippen LogP) is 7.85. The summed E-state index contributed by atoms with van der Waals surface area (Å²) in [6, 6.07) is 16.2. The van der Waals surface area contributed by atoms with Crippen molar-refractivity contribution in [3.63, 3.8) is 0 Å². The van der Waals surface area contributed by atoms with Crippen LogP contribution in [0.5, 0.6) is 11.5 Å². The maximum atomic E-state index is 12.5. The Morgan fingerprint density at radius 3 is 2.71 bits per heavy atom. The van der Waals surface area contributed by atoms with Crippen LogP contribution in [0.25, 0.3) is 11.0 Å². The molecule has 0 saturated heterocycles. The number of ether oxygens (including phenoxy) is 2. The van der Waals surface area contributed by atoms with Crippen LogP contribution in [-0.2, 0) is 6.61 Å². The van der Waals surface area contributed by atoms with E-state index in [4.69, 9.17) is 37.1 Å². The summed E-state index contributed by atoms with van der Waals surface area (Å²) in [6.45, 7) is 2.64. The number of nitrogens with zero attached hydrogens (tertiary/aromatic N) is 1. The molecule has 1 aromatic heterocycles. The Morgan fingerprint density at radius 1 is 1.11 bits per heavy atom. The van der Waals surface area contributed by atoms with Crippen LogP contribution in [0.4, 0.5) is 0 Å². The standard InChI is InChI=1S/C25H18BrCl2IN2O4/c1-2-33-22-9-15(8-20(29)24(22)34-13-14-3-5-18(27)19(28)7-14)12-30-31-25(32)23-11-16-10-17(26)4-6-21(16)35-23/h3-12H,2,13H2,1H3,(H,31,32)/b30-12+. The molecule has 0 fully saturated rings. The van der Waals surface area contributed by atoms with E-state index in [-0.39, 0.29) is 5.76 Å². The first-order valence-corrected chi connectivity index (χ1v) is 13.0. The summed E-state index contributed by atoms with van der Waals surface area (Å²) in [4.78, 5) is 12.5. The van der Waals surface area contributed by atoms with Crippen molar-refractivity contribution in [2.24, 2.45) is 5.10 Å². The molecule has 0 bridgehead atoms. The lowest BCUT2D eigenvalue weighted by atomic mass is 10.2. The first kappa shape index (κ1) is 25.8. The van der Waals surface area contributed by atoms with E-state index < -0.39 is 5.91 Å². The van der Waals surface area contributed by atoms with E-state index in [9.17, 15) is 4.79 Å². The number of benzene rings is 3. The van der Waals surface area contributed by atoms with Gasteiger partial charge >= 0.3 is 5.91 Å². The predicted molar refractivity (Wildman–Crippen MR) is 150 cm³/mol. The number of carbonyl (C=O) groups excluding carboxylic acids is 1. The lowest BCUT2D eigenvalue weighted by Crippen LogP contribution is -2.16. The minimum Gasteiger partial charge on any atom is -0.490 e. The molecule has 4 aromatic rings. The molecule has 4 rings (SSSR count). The molecule has 0 radical (unpaired) electrons. The topological polar surface area (TPSA) is 73.1 Å². The number of rotatable bonds is 8. The summed E-state index contributed by atoms with van der Waals surface area (Å²) >= 11 is 17.7. The molecule has 0 saturated carbocycles. The van der Waals surface area contributed by atoms with Crippen LogP contribution in [0.3, 0.4) is 0 Å². The first-order chi connectivity index (χ1) is 16.8.